The first-order valence-corrected chi connectivity index (χ1v) is 20.7. The van der Waals surface area contributed by atoms with Gasteiger partial charge in [-0.15, -0.1) is 0 Å². The molecule has 8 aromatic rings. The molecule has 0 aliphatic rings. The van der Waals surface area contributed by atoms with Crippen LogP contribution in [0.25, 0.3) is 33.9 Å². The average molecular weight is 902 g/mol. The Hall–Kier alpha value is -7.28. The molecule has 0 fully saturated rings. The zero-order valence-electron chi connectivity index (χ0n) is 34.8. The molecule has 10 nitrogen and oxygen atoms in total. The third kappa shape index (κ3) is 10.7. The molecule has 64 heavy (non-hydrogen) atoms. The van der Waals surface area contributed by atoms with E-state index in [0.717, 1.165) is 45.0 Å². The lowest BCUT2D eigenvalue weighted by atomic mass is 10.1. The molecular formula is C50H40Cl2F2N4O6. The lowest BCUT2D eigenvalue weighted by Gasteiger charge is -2.16. The number of aryl methyl sites for hydroxylation is 2. The van der Waals surface area contributed by atoms with Crippen LogP contribution in [0.3, 0.4) is 0 Å². The number of nitrogens with zero attached hydrogens (tertiary/aromatic N) is 4. The molecule has 8 rings (SSSR count). The van der Waals surface area contributed by atoms with Crippen molar-refractivity contribution in [2.45, 2.75) is 34.0 Å². The third-order valence-electron chi connectivity index (χ3n) is 9.92. The van der Waals surface area contributed by atoms with Gasteiger partial charge in [0.15, 0.2) is 0 Å². The van der Waals surface area contributed by atoms with Crippen LogP contribution in [0.2, 0.25) is 10.0 Å². The van der Waals surface area contributed by atoms with E-state index in [0.29, 0.717) is 38.5 Å². The molecule has 4 aromatic carbocycles. The number of hydrogen-bond donors (Lipinski definition) is 1. The van der Waals surface area contributed by atoms with Crippen molar-refractivity contribution in [2.75, 3.05) is 6.61 Å². The minimum absolute atomic E-state index is 0.0930. The molecule has 14 heteroatoms. The van der Waals surface area contributed by atoms with E-state index in [9.17, 15) is 23.5 Å². The number of halogens is 4. The van der Waals surface area contributed by atoms with Crippen molar-refractivity contribution in [3.8, 4) is 45.4 Å². The summed E-state index contributed by atoms with van der Waals surface area (Å²) in [7, 11) is 0. The van der Waals surface area contributed by atoms with Gasteiger partial charge in [0, 0.05) is 45.0 Å². The minimum atomic E-state index is -1.05. The lowest BCUT2D eigenvalue weighted by molar-refractivity contribution is 0.0525. The number of carbonyl (C=O) groups is 2. The first kappa shape index (κ1) is 44.8. The van der Waals surface area contributed by atoms with E-state index in [1.165, 1.54) is 36.7 Å². The smallest absolute Gasteiger partial charge is 0.339 e. The molecule has 0 aliphatic carbocycles. The highest BCUT2D eigenvalue weighted by atomic mass is 35.5. The maximum absolute atomic E-state index is 13.2. The zero-order chi connectivity index (χ0) is 45.3. The van der Waals surface area contributed by atoms with Crippen LogP contribution >= 0.6 is 23.2 Å². The molecule has 4 aromatic heterocycles. The SMILES string of the molecule is CCOC(=O)c1cncc(-n2c(C)ccc2-c2cc(Cl)ccc2OCc2ccc(F)cc2)c1.Cc1ccc(-c2cc(Cl)ccc2OCc2ccc(F)cc2)n1-c1cncc(C(=O)O)c1. The highest BCUT2D eigenvalue weighted by Gasteiger charge is 2.19. The van der Waals surface area contributed by atoms with Gasteiger partial charge in [-0.1, -0.05) is 47.5 Å². The molecule has 324 valence electrons. The second-order valence-electron chi connectivity index (χ2n) is 14.4. The summed E-state index contributed by atoms with van der Waals surface area (Å²) in [6.07, 6.45) is 6.08. The molecule has 0 aliphatic heterocycles. The molecule has 0 atom stereocenters. The van der Waals surface area contributed by atoms with Gasteiger partial charge in [-0.3, -0.25) is 9.97 Å². The number of hydrogen-bond acceptors (Lipinski definition) is 7. The summed E-state index contributed by atoms with van der Waals surface area (Å²) in [5.74, 6) is -0.858. The Kier molecular flexibility index (Phi) is 14.2. The van der Waals surface area contributed by atoms with E-state index in [2.05, 4.69) is 9.97 Å². The maximum atomic E-state index is 13.2. The number of carboxylic acids is 1. The molecule has 0 amide bonds. The van der Waals surface area contributed by atoms with Crippen LogP contribution in [0, 0.1) is 25.5 Å². The van der Waals surface area contributed by atoms with Gasteiger partial charge in [0.25, 0.3) is 0 Å². The van der Waals surface area contributed by atoms with Crippen LogP contribution in [0.4, 0.5) is 8.78 Å². The first-order valence-electron chi connectivity index (χ1n) is 19.9. The predicted octanol–water partition coefficient (Wildman–Crippen LogP) is 12.3. The fourth-order valence-electron chi connectivity index (χ4n) is 6.87. The van der Waals surface area contributed by atoms with Crippen molar-refractivity contribution in [2.24, 2.45) is 0 Å². The number of carboxylic acid groups (broad SMARTS) is 1. The molecule has 4 heterocycles. The Morgan fingerprint density at radius 2 is 1.03 bits per heavy atom. The second kappa shape index (κ2) is 20.3. The van der Waals surface area contributed by atoms with Crippen LogP contribution in [-0.4, -0.2) is 42.8 Å². The number of aromatic nitrogens is 4. The Morgan fingerprint density at radius 1 is 0.594 bits per heavy atom. The first-order chi connectivity index (χ1) is 30.9. The fourth-order valence-corrected chi connectivity index (χ4v) is 7.21. The molecule has 0 spiro atoms. The fraction of sp³-hybridized carbons (Fsp3) is 0.120. The summed E-state index contributed by atoms with van der Waals surface area (Å²) in [5, 5.41) is 10.4. The molecule has 0 bridgehead atoms. The topological polar surface area (TPSA) is 118 Å². The van der Waals surface area contributed by atoms with E-state index in [1.807, 2.05) is 53.3 Å². The number of rotatable bonds is 13. The Morgan fingerprint density at radius 3 is 1.47 bits per heavy atom. The van der Waals surface area contributed by atoms with E-state index in [-0.39, 0.29) is 37.0 Å². The van der Waals surface area contributed by atoms with Gasteiger partial charge in [0.1, 0.15) is 36.3 Å². The average Bonchev–Trinajstić information content (AvgIpc) is 3.88. The van der Waals surface area contributed by atoms with Crippen molar-refractivity contribution >= 4 is 35.1 Å². The molecule has 0 radical (unpaired) electrons. The second-order valence-corrected chi connectivity index (χ2v) is 15.3. The van der Waals surface area contributed by atoms with Crippen molar-refractivity contribution in [1.29, 1.82) is 0 Å². The summed E-state index contributed by atoms with van der Waals surface area (Å²) in [4.78, 5) is 31.9. The summed E-state index contributed by atoms with van der Waals surface area (Å²) >= 11 is 12.6. The monoisotopic (exact) mass is 900 g/mol. The molecule has 0 saturated heterocycles. The quantitative estimate of drug-likeness (QED) is 0.114. The third-order valence-corrected chi connectivity index (χ3v) is 10.4. The number of esters is 1. The summed E-state index contributed by atoms with van der Waals surface area (Å²) in [6.45, 7) is 6.45. The number of ether oxygens (including phenoxy) is 3. The van der Waals surface area contributed by atoms with Crippen molar-refractivity contribution < 1.29 is 37.7 Å². The zero-order valence-corrected chi connectivity index (χ0v) is 36.3. The van der Waals surface area contributed by atoms with E-state index < -0.39 is 11.9 Å². The summed E-state index contributed by atoms with van der Waals surface area (Å²) < 4.78 is 47.5. The Balaban J connectivity index is 0.000000192. The Bertz CT molecular complexity index is 2930. The summed E-state index contributed by atoms with van der Waals surface area (Å²) in [6, 6.07) is 34.1. The summed E-state index contributed by atoms with van der Waals surface area (Å²) in [5.41, 5.74) is 8.41. The highest BCUT2D eigenvalue weighted by Crippen LogP contribution is 2.38. The molecule has 1 N–H and O–H groups in total. The predicted molar refractivity (Wildman–Crippen MR) is 242 cm³/mol. The van der Waals surface area contributed by atoms with Gasteiger partial charge in [0.2, 0.25) is 0 Å². The van der Waals surface area contributed by atoms with Crippen LogP contribution in [0.1, 0.15) is 50.2 Å². The molecular weight excluding hydrogens is 861 g/mol. The van der Waals surface area contributed by atoms with Crippen LogP contribution in [0.15, 0.2) is 146 Å². The number of pyridine rings is 2. The van der Waals surface area contributed by atoms with Gasteiger partial charge in [0.05, 0.1) is 52.9 Å². The largest absolute Gasteiger partial charge is 0.488 e. The van der Waals surface area contributed by atoms with E-state index >= 15 is 0 Å². The van der Waals surface area contributed by atoms with Crippen LogP contribution in [-0.2, 0) is 18.0 Å². The normalized spacial score (nSPS) is 10.8. The Labute approximate surface area is 377 Å². The molecule has 0 unspecified atom stereocenters. The van der Waals surface area contributed by atoms with Gasteiger partial charge in [-0.05, 0) is 129 Å². The van der Waals surface area contributed by atoms with Gasteiger partial charge < -0.3 is 28.5 Å². The number of carbonyl (C=O) groups excluding carboxylic acids is 1. The van der Waals surface area contributed by atoms with Crippen molar-refractivity contribution in [3.05, 3.63) is 201 Å². The van der Waals surface area contributed by atoms with Gasteiger partial charge in [-0.25, -0.2) is 18.4 Å². The van der Waals surface area contributed by atoms with Crippen LogP contribution < -0.4 is 9.47 Å². The maximum Gasteiger partial charge on any atom is 0.339 e. The van der Waals surface area contributed by atoms with Crippen molar-refractivity contribution in [3.63, 3.8) is 0 Å². The minimum Gasteiger partial charge on any atom is -0.488 e. The number of benzene rings is 4. The van der Waals surface area contributed by atoms with Gasteiger partial charge >= 0.3 is 11.9 Å². The van der Waals surface area contributed by atoms with Crippen molar-refractivity contribution in [1.82, 2.24) is 19.1 Å². The highest BCUT2D eigenvalue weighted by molar-refractivity contribution is 6.31. The van der Waals surface area contributed by atoms with Crippen LogP contribution in [0.5, 0.6) is 11.5 Å². The van der Waals surface area contributed by atoms with Gasteiger partial charge in [-0.2, -0.15) is 0 Å². The number of aromatic carboxylic acids is 1. The van der Waals surface area contributed by atoms with E-state index in [4.69, 9.17) is 37.4 Å². The molecule has 0 saturated carbocycles. The van der Waals surface area contributed by atoms with E-state index in [1.54, 1.807) is 86.0 Å². The standard InChI is InChI=1S/C26H22ClFN2O3.C24H18ClFN2O3/c1-3-32-26(31)19-12-22(15-29-14-19)30-17(2)4-10-24(30)23-13-20(27)7-11-25(23)33-16-18-5-8-21(28)9-6-18;1-15-2-8-22(28(15)20-10-17(24(29)30)12-27-13-20)21-11-18(25)5-9-23(21)31-14-16-3-6-19(26)7-4-16/h4-15H,3,16H2,1-2H3;2-13H,14H2,1H3,(H,29,30). The lowest BCUT2D eigenvalue weighted by Crippen LogP contribution is -2.07.